The summed E-state index contributed by atoms with van der Waals surface area (Å²) in [7, 11) is 0. The number of piperazine rings is 1. The van der Waals surface area contributed by atoms with E-state index in [9.17, 15) is 0 Å². The van der Waals surface area contributed by atoms with Gasteiger partial charge in [0.15, 0.2) is 0 Å². The smallest absolute Gasteiger partial charge is 0.321 e. The van der Waals surface area contributed by atoms with Crippen molar-refractivity contribution in [2.75, 3.05) is 31.1 Å². The van der Waals surface area contributed by atoms with Crippen molar-refractivity contribution < 1.29 is 4.74 Å². The lowest BCUT2D eigenvalue weighted by atomic mass is 10.2. The Bertz CT molecular complexity index is 552. The van der Waals surface area contributed by atoms with Crippen molar-refractivity contribution >= 4 is 28.3 Å². The quantitative estimate of drug-likeness (QED) is 0.826. The van der Waals surface area contributed by atoms with Gasteiger partial charge in [0.2, 0.25) is 0 Å². The summed E-state index contributed by atoms with van der Waals surface area (Å²) < 4.78 is 6.61. The molecule has 0 amide bonds. The second-order valence-corrected chi connectivity index (χ2v) is 5.76. The van der Waals surface area contributed by atoms with E-state index < -0.39 is 0 Å². The molecule has 1 fully saturated rings. The third-order valence-corrected chi connectivity index (χ3v) is 3.68. The summed E-state index contributed by atoms with van der Waals surface area (Å²) in [5.74, 6) is 0.755. The van der Waals surface area contributed by atoms with Gasteiger partial charge >= 0.3 is 6.01 Å². The third-order valence-electron chi connectivity index (χ3n) is 3.12. The average molecular weight is 382 g/mol. The van der Waals surface area contributed by atoms with E-state index in [1.54, 1.807) is 12.4 Å². The molecule has 1 aliphatic rings. The average Bonchev–Trinajstić information content (AvgIpc) is 2.51. The predicted molar refractivity (Wildman–Crippen MR) is 86.3 cm³/mol. The van der Waals surface area contributed by atoms with E-state index in [-0.39, 0.29) is 0 Å². The van der Waals surface area contributed by atoms with Crippen LogP contribution in [0.1, 0.15) is 0 Å². The van der Waals surface area contributed by atoms with E-state index in [0.717, 1.165) is 35.5 Å². The van der Waals surface area contributed by atoms with Gasteiger partial charge in [-0.25, -0.2) is 9.97 Å². The number of rotatable bonds is 3. The van der Waals surface area contributed by atoms with Gasteiger partial charge in [0.1, 0.15) is 5.75 Å². The van der Waals surface area contributed by atoms with Crippen LogP contribution in [0.5, 0.6) is 11.8 Å². The summed E-state index contributed by atoms with van der Waals surface area (Å²) in [6.07, 6.45) is 3.47. The van der Waals surface area contributed by atoms with Crippen LogP contribution in [-0.2, 0) is 0 Å². The molecule has 6 heteroatoms. The van der Waals surface area contributed by atoms with E-state index in [4.69, 9.17) is 4.74 Å². The van der Waals surface area contributed by atoms with Crippen molar-refractivity contribution in [3.8, 4) is 11.8 Å². The lowest BCUT2D eigenvalue weighted by molar-refractivity contribution is 0.441. The van der Waals surface area contributed by atoms with Crippen LogP contribution in [0.15, 0.2) is 36.7 Å². The Kier molecular flexibility index (Phi) is 4.31. The Morgan fingerprint density at radius 2 is 1.70 bits per heavy atom. The molecule has 0 unspecified atom stereocenters. The highest BCUT2D eigenvalue weighted by molar-refractivity contribution is 14.1. The fourth-order valence-corrected chi connectivity index (χ4v) is 2.39. The Morgan fingerprint density at radius 3 is 2.35 bits per heavy atom. The van der Waals surface area contributed by atoms with E-state index in [2.05, 4.69) is 54.9 Å². The molecule has 2 heterocycles. The molecule has 0 aliphatic carbocycles. The number of halogens is 1. The van der Waals surface area contributed by atoms with Crippen molar-refractivity contribution in [2.45, 2.75) is 0 Å². The fourth-order valence-electron chi connectivity index (χ4n) is 2.11. The maximum Gasteiger partial charge on any atom is 0.321 e. The molecule has 104 valence electrons. The summed E-state index contributed by atoms with van der Waals surface area (Å²) in [4.78, 5) is 10.6. The van der Waals surface area contributed by atoms with Crippen LogP contribution in [0.3, 0.4) is 0 Å². The molecule has 5 nitrogen and oxygen atoms in total. The van der Waals surface area contributed by atoms with Gasteiger partial charge < -0.3 is 15.0 Å². The maximum absolute atomic E-state index is 5.62. The minimum Gasteiger partial charge on any atom is -0.424 e. The first-order valence-corrected chi connectivity index (χ1v) is 7.60. The summed E-state index contributed by atoms with van der Waals surface area (Å²) in [5, 5.41) is 3.35. The molecule has 0 atom stereocenters. The second kappa shape index (κ2) is 6.36. The molecule has 3 rings (SSSR count). The van der Waals surface area contributed by atoms with Gasteiger partial charge in [0.25, 0.3) is 0 Å². The van der Waals surface area contributed by atoms with Gasteiger partial charge in [0, 0.05) is 47.8 Å². The zero-order valence-electron chi connectivity index (χ0n) is 10.9. The minimum atomic E-state index is 0.375. The highest BCUT2D eigenvalue weighted by Crippen LogP contribution is 2.22. The first kappa shape index (κ1) is 13.6. The molecular formula is C14H15IN4O. The first-order chi connectivity index (χ1) is 9.81. The standard InChI is InChI=1S/C14H15IN4O/c15-11-9-17-14(18-10-11)20-13-3-1-12(2-4-13)19-7-5-16-6-8-19/h1-4,9-10,16H,5-8H2. The van der Waals surface area contributed by atoms with E-state index in [0.29, 0.717) is 6.01 Å². The van der Waals surface area contributed by atoms with Crippen molar-refractivity contribution in [1.29, 1.82) is 0 Å². The molecule has 1 aliphatic heterocycles. The molecule has 0 radical (unpaired) electrons. The van der Waals surface area contributed by atoms with E-state index >= 15 is 0 Å². The Hall–Kier alpha value is -1.41. The number of aromatic nitrogens is 2. The topological polar surface area (TPSA) is 50.3 Å². The number of nitrogens with zero attached hydrogens (tertiary/aromatic N) is 3. The Balaban J connectivity index is 1.67. The van der Waals surface area contributed by atoms with Gasteiger partial charge in [-0.05, 0) is 46.9 Å². The van der Waals surface area contributed by atoms with Gasteiger partial charge in [-0.2, -0.15) is 0 Å². The fraction of sp³-hybridized carbons (Fsp3) is 0.286. The normalized spacial score (nSPS) is 15.2. The highest BCUT2D eigenvalue weighted by Gasteiger charge is 2.10. The molecule has 0 saturated carbocycles. The van der Waals surface area contributed by atoms with Crippen molar-refractivity contribution in [3.05, 3.63) is 40.2 Å². The lowest BCUT2D eigenvalue weighted by Gasteiger charge is -2.29. The van der Waals surface area contributed by atoms with Crippen LogP contribution < -0.4 is 15.0 Å². The number of ether oxygens (including phenoxy) is 1. The Labute approximate surface area is 131 Å². The molecular weight excluding hydrogens is 367 g/mol. The van der Waals surface area contributed by atoms with Crippen LogP contribution in [0.25, 0.3) is 0 Å². The van der Waals surface area contributed by atoms with E-state index in [1.165, 1.54) is 5.69 Å². The van der Waals surface area contributed by atoms with Gasteiger partial charge in [-0.15, -0.1) is 0 Å². The number of nitrogens with one attached hydrogen (secondary N) is 1. The van der Waals surface area contributed by atoms with Crippen LogP contribution in [0.2, 0.25) is 0 Å². The molecule has 1 saturated heterocycles. The van der Waals surface area contributed by atoms with Crippen LogP contribution >= 0.6 is 22.6 Å². The van der Waals surface area contributed by atoms with Gasteiger partial charge in [-0.3, -0.25) is 0 Å². The van der Waals surface area contributed by atoms with Crippen LogP contribution in [-0.4, -0.2) is 36.1 Å². The number of hydrogen-bond donors (Lipinski definition) is 1. The molecule has 1 aromatic heterocycles. The minimum absolute atomic E-state index is 0.375. The summed E-state index contributed by atoms with van der Waals surface area (Å²) in [5.41, 5.74) is 1.22. The van der Waals surface area contributed by atoms with Gasteiger partial charge in [-0.1, -0.05) is 0 Å². The largest absolute Gasteiger partial charge is 0.424 e. The molecule has 0 bridgehead atoms. The maximum atomic E-state index is 5.62. The number of anilines is 1. The monoisotopic (exact) mass is 382 g/mol. The zero-order valence-corrected chi connectivity index (χ0v) is 13.1. The molecule has 1 aromatic carbocycles. The predicted octanol–water partition coefficient (Wildman–Crippen LogP) is 2.28. The molecule has 1 N–H and O–H groups in total. The van der Waals surface area contributed by atoms with Gasteiger partial charge in [0.05, 0.1) is 0 Å². The zero-order chi connectivity index (χ0) is 13.8. The highest BCUT2D eigenvalue weighted by atomic mass is 127. The van der Waals surface area contributed by atoms with Crippen LogP contribution in [0.4, 0.5) is 5.69 Å². The van der Waals surface area contributed by atoms with Crippen molar-refractivity contribution in [3.63, 3.8) is 0 Å². The summed E-state index contributed by atoms with van der Waals surface area (Å²) >= 11 is 2.17. The SMILES string of the molecule is Ic1cnc(Oc2ccc(N3CCNCC3)cc2)nc1. The lowest BCUT2D eigenvalue weighted by Crippen LogP contribution is -2.43. The van der Waals surface area contributed by atoms with Crippen molar-refractivity contribution in [1.82, 2.24) is 15.3 Å². The molecule has 2 aromatic rings. The third kappa shape index (κ3) is 3.37. The first-order valence-electron chi connectivity index (χ1n) is 6.52. The van der Waals surface area contributed by atoms with E-state index in [1.807, 2.05) is 12.1 Å². The summed E-state index contributed by atoms with van der Waals surface area (Å²) in [6, 6.07) is 8.44. The summed E-state index contributed by atoms with van der Waals surface area (Å²) in [6.45, 7) is 4.16. The number of benzene rings is 1. The van der Waals surface area contributed by atoms with Crippen molar-refractivity contribution in [2.24, 2.45) is 0 Å². The Morgan fingerprint density at radius 1 is 1.05 bits per heavy atom. The second-order valence-electron chi connectivity index (χ2n) is 4.52. The molecule has 20 heavy (non-hydrogen) atoms. The van der Waals surface area contributed by atoms with Crippen LogP contribution in [0, 0.1) is 3.57 Å². The number of hydrogen-bond acceptors (Lipinski definition) is 5. The molecule has 0 spiro atoms.